The van der Waals surface area contributed by atoms with E-state index in [0.29, 0.717) is 12.5 Å². The van der Waals surface area contributed by atoms with Crippen molar-refractivity contribution < 1.29 is 4.79 Å². The molecule has 0 aromatic rings. The normalized spacial score (nSPS) is 25.3. The van der Waals surface area contributed by atoms with Crippen molar-refractivity contribution in [2.75, 3.05) is 0 Å². The highest BCUT2D eigenvalue weighted by Gasteiger charge is 2.26. The molecule has 0 bridgehead atoms. The molecule has 3 nitrogen and oxygen atoms in total. The lowest BCUT2D eigenvalue weighted by atomic mass is 9.95. The number of carbonyl (C=O) groups excluding carboxylic acids is 1. The van der Waals surface area contributed by atoms with E-state index in [0.717, 1.165) is 12.8 Å². The molecule has 0 aromatic carbocycles. The summed E-state index contributed by atoms with van der Waals surface area (Å²) in [5.74, 6) is 0.182. The van der Waals surface area contributed by atoms with Crippen LogP contribution in [-0.2, 0) is 4.79 Å². The minimum absolute atomic E-state index is 0.182. The third kappa shape index (κ3) is 1.36. The van der Waals surface area contributed by atoms with Gasteiger partial charge in [-0.25, -0.2) is 5.01 Å². The molecule has 1 fully saturated rings. The summed E-state index contributed by atoms with van der Waals surface area (Å²) in [6.45, 7) is 0. The van der Waals surface area contributed by atoms with Crippen LogP contribution in [0.1, 0.15) is 38.5 Å². The Kier molecular flexibility index (Phi) is 2.11. The average Bonchev–Trinajstić information content (AvgIpc) is 2.53. The topological polar surface area (TPSA) is 32.7 Å². The Bertz CT molecular complexity index is 207. The van der Waals surface area contributed by atoms with Crippen LogP contribution in [0.25, 0.3) is 0 Å². The summed E-state index contributed by atoms with van der Waals surface area (Å²) in [5.41, 5.74) is 0. The van der Waals surface area contributed by atoms with Crippen molar-refractivity contribution in [3.05, 3.63) is 0 Å². The van der Waals surface area contributed by atoms with E-state index in [4.69, 9.17) is 0 Å². The smallest absolute Gasteiger partial charge is 0.248 e. The fraction of sp³-hybridized carbons (Fsp3) is 0.778. The molecule has 3 heteroatoms. The number of hydrazone groups is 1. The lowest BCUT2D eigenvalue weighted by Crippen LogP contribution is -2.34. The molecule has 1 heterocycles. The quantitative estimate of drug-likeness (QED) is 0.581. The van der Waals surface area contributed by atoms with E-state index in [1.54, 1.807) is 11.2 Å². The van der Waals surface area contributed by atoms with Gasteiger partial charge in [-0.3, -0.25) is 4.79 Å². The molecule has 2 rings (SSSR count). The average molecular weight is 166 g/mol. The zero-order chi connectivity index (χ0) is 8.39. The molecule has 1 aliphatic carbocycles. The molecule has 0 unspecified atom stereocenters. The highest BCUT2D eigenvalue weighted by molar-refractivity contribution is 5.93. The highest BCUT2D eigenvalue weighted by atomic mass is 16.2. The summed E-state index contributed by atoms with van der Waals surface area (Å²) in [5, 5.41) is 5.79. The Morgan fingerprint density at radius 2 is 2.08 bits per heavy atom. The van der Waals surface area contributed by atoms with Gasteiger partial charge in [0.25, 0.3) is 0 Å². The van der Waals surface area contributed by atoms with E-state index in [1.807, 2.05) is 0 Å². The van der Waals surface area contributed by atoms with Gasteiger partial charge in [0.15, 0.2) is 0 Å². The maximum Gasteiger partial charge on any atom is 0.248 e. The van der Waals surface area contributed by atoms with E-state index < -0.39 is 0 Å². The van der Waals surface area contributed by atoms with Crippen LogP contribution in [0.3, 0.4) is 0 Å². The van der Waals surface area contributed by atoms with Gasteiger partial charge in [0.05, 0.1) is 12.5 Å². The number of hydrogen-bond donors (Lipinski definition) is 0. The van der Waals surface area contributed by atoms with E-state index in [2.05, 4.69) is 5.10 Å². The Morgan fingerprint density at radius 1 is 1.33 bits per heavy atom. The molecular formula is C9H14N2O. The molecule has 0 saturated heterocycles. The minimum Gasteiger partial charge on any atom is -0.273 e. The molecule has 0 radical (unpaired) electrons. The fourth-order valence-corrected chi connectivity index (χ4v) is 1.99. The van der Waals surface area contributed by atoms with Gasteiger partial charge in [0, 0.05) is 6.21 Å². The van der Waals surface area contributed by atoms with E-state index >= 15 is 0 Å². The van der Waals surface area contributed by atoms with E-state index in [-0.39, 0.29) is 5.91 Å². The Balaban J connectivity index is 1.97. The van der Waals surface area contributed by atoms with Crippen molar-refractivity contribution >= 4 is 12.1 Å². The standard InChI is InChI=1S/C9H14N2O/c12-9-6-7-10-11(9)8-4-2-1-3-5-8/h7-8H,1-6H2. The lowest BCUT2D eigenvalue weighted by molar-refractivity contribution is -0.131. The number of amides is 1. The third-order valence-corrected chi connectivity index (χ3v) is 2.65. The third-order valence-electron chi connectivity index (χ3n) is 2.65. The SMILES string of the molecule is O=C1CC=NN1C1CCCCC1. The predicted molar refractivity (Wildman–Crippen MR) is 46.8 cm³/mol. The minimum atomic E-state index is 0.182. The molecule has 66 valence electrons. The van der Waals surface area contributed by atoms with Gasteiger partial charge >= 0.3 is 0 Å². The van der Waals surface area contributed by atoms with Gasteiger partial charge < -0.3 is 0 Å². The van der Waals surface area contributed by atoms with Crippen LogP contribution in [0.15, 0.2) is 5.10 Å². The summed E-state index contributed by atoms with van der Waals surface area (Å²) < 4.78 is 0. The van der Waals surface area contributed by atoms with Crippen molar-refractivity contribution in [2.24, 2.45) is 5.10 Å². The first kappa shape index (κ1) is 7.77. The largest absolute Gasteiger partial charge is 0.273 e. The van der Waals surface area contributed by atoms with Crippen molar-refractivity contribution in [3.63, 3.8) is 0 Å². The lowest BCUT2D eigenvalue weighted by Gasteiger charge is -2.27. The molecule has 0 aromatic heterocycles. The van der Waals surface area contributed by atoms with E-state index in [1.165, 1.54) is 19.3 Å². The van der Waals surface area contributed by atoms with Gasteiger partial charge in [0.1, 0.15) is 0 Å². The van der Waals surface area contributed by atoms with Crippen LogP contribution in [0.5, 0.6) is 0 Å². The first-order valence-electron chi connectivity index (χ1n) is 4.72. The zero-order valence-electron chi connectivity index (χ0n) is 7.20. The van der Waals surface area contributed by atoms with E-state index in [9.17, 15) is 4.79 Å². The Labute approximate surface area is 72.4 Å². The zero-order valence-corrected chi connectivity index (χ0v) is 7.20. The molecule has 0 N–H and O–H groups in total. The Hall–Kier alpha value is -0.860. The monoisotopic (exact) mass is 166 g/mol. The molecule has 0 atom stereocenters. The maximum absolute atomic E-state index is 11.3. The second kappa shape index (κ2) is 3.25. The first-order valence-corrected chi connectivity index (χ1v) is 4.72. The van der Waals surface area contributed by atoms with Gasteiger partial charge in [-0.15, -0.1) is 0 Å². The van der Waals surface area contributed by atoms with Crippen LogP contribution < -0.4 is 0 Å². The van der Waals surface area contributed by atoms with Crippen LogP contribution in [0.2, 0.25) is 0 Å². The molecule has 1 amide bonds. The number of carbonyl (C=O) groups is 1. The van der Waals surface area contributed by atoms with Crippen LogP contribution in [-0.4, -0.2) is 23.2 Å². The molecule has 12 heavy (non-hydrogen) atoms. The van der Waals surface area contributed by atoms with Crippen molar-refractivity contribution in [1.82, 2.24) is 5.01 Å². The van der Waals surface area contributed by atoms with Gasteiger partial charge in [-0.2, -0.15) is 5.10 Å². The number of nitrogens with zero attached hydrogens (tertiary/aromatic N) is 2. The van der Waals surface area contributed by atoms with Crippen molar-refractivity contribution in [1.29, 1.82) is 0 Å². The van der Waals surface area contributed by atoms with Gasteiger partial charge in [-0.05, 0) is 12.8 Å². The summed E-state index contributed by atoms with van der Waals surface area (Å²) in [7, 11) is 0. The molecule has 2 aliphatic rings. The number of rotatable bonds is 1. The molecular weight excluding hydrogens is 152 g/mol. The van der Waals surface area contributed by atoms with Gasteiger partial charge in [-0.1, -0.05) is 19.3 Å². The summed E-state index contributed by atoms with van der Waals surface area (Å²) in [4.78, 5) is 11.3. The fourth-order valence-electron chi connectivity index (χ4n) is 1.99. The summed E-state index contributed by atoms with van der Waals surface area (Å²) in [6, 6.07) is 0.407. The molecule has 0 spiro atoms. The summed E-state index contributed by atoms with van der Waals surface area (Å²) in [6.07, 6.45) is 8.34. The van der Waals surface area contributed by atoms with Crippen LogP contribution in [0, 0.1) is 0 Å². The number of hydrogen-bond acceptors (Lipinski definition) is 2. The molecule has 1 aliphatic heterocycles. The molecule has 1 saturated carbocycles. The second-order valence-electron chi connectivity index (χ2n) is 3.53. The van der Waals surface area contributed by atoms with Crippen LogP contribution in [0.4, 0.5) is 0 Å². The Morgan fingerprint density at radius 3 is 2.67 bits per heavy atom. The van der Waals surface area contributed by atoms with Crippen LogP contribution >= 0.6 is 0 Å². The second-order valence-corrected chi connectivity index (χ2v) is 3.53. The maximum atomic E-state index is 11.3. The van der Waals surface area contributed by atoms with Gasteiger partial charge in [0.2, 0.25) is 5.91 Å². The highest BCUT2D eigenvalue weighted by Crippen LogP contribution is 2.24. The predicted octanol–water partition coefficient (Wildman–Crippen LogP) is 1.54. The van der Waals surface area contributed by atoms with Crippen molar-refractivity contribution in [2.45, 2.75) is 44.6 Å². The van der Waals surface area contributed by atoms with Crippen molar-refractivity contribution in [3.8, 4) is 0 Å². The summed E-state index contributed by atoms with van der Waals surface area (Å²) >= 11 is 0. The first-order chi connectivity index (χ1) is 5.88.